The molecule has 1 aliphatic carbocycles. The summed E-state index contributed by atoms with van der Waals surface area (Å²) in [5, 5.41) is 7.07. The van der Waals surface area contributed by atoms with Crippen molar-refractivity contribution in [3.05, 3.63) is 49.1 Å². The molecule has 5 nitrogen and oxygen atoms in total. The number of hydrogen-bond acceptors (Lipinski definition) is 3. The van der Waals surface area contributed by atoms with Crippen LogP contribution in [0.3, 0.4) is 0 Å². The van der Waals surface area contributed by atoms with Crippen LogP contribution in [0.2, 0.25) is 0 Å². The van der Waals surface area contributed by atoms with E-state index in [1.54, 1.807) is 11.0 Å². The Balaban J connectivity index is 1.74. The van der Waals surface area contributed by atoms with E-state index in [4.69, 9.17) is 0 Å². The molecule has 0 spiro atoms. The number of rotatable bonds is 4. The Morgan fingerprint density at radius 2 is 2.30 bits per heavy atom. The van der Waals surface area contributed by atoms with E-state index in [0.29, 0.717) is 12.3 Å². The van der Waals surface area contributed by atoms with E-state index in [1.807, 2.05) is 24.3 Å². The number of benzene rings is 1. The van der Waals surface area contributed by atoms with Gasteiger partial charge < -0.3 is 5.32 Å². The van der Waals surface area contributed by atoms with Crippen molar-refractivity contribution >= 4 is 11.6 Å². The molecular weight excluding hydrogens is 252 g/mol. The van der Waals surface area contributed by atoms with Crippen molar-refractivity contribution < 1.29 is 4.79 Å². The summed E-state index contributed by atoms with van der Waals surface area (Å²) in [7, 11) is 0. The van der Waals surface area contributed by atoms with Crippen LogP contribution in [0.15, 0.2) is 49.1 Å². The zero-order valence-corrected chi connectivity index (χ0v) is 11.1. The van der Waals surface area contributed by atoms with Crippen LogP contribution in [0, 0.1) is 5.92 Å². The van der Waals surface area contributed by atoms with Gasteiger partial charge in [-0.15, -0.1) is 0 Å². The van der Waals surface area contributed by atoms with Crippen LogP contribution >= 0.6 is 0 Å². The quantitative estimate of drug-likeness (QED) is 0.867. The molecule has 1 heterocycles. The summed E-state index contributed by atoms with van der Waals surface area (Å²) in [5.41, 5.74) is 1.57. The molecular formula is C15H16N4O. The Kier molecular flexibility index (Phi) is 3.58. The zero-order valence-electron chi connectivity index (χ0n) is 11.1. The van der Waals surface area contributed by atoms with Crippen LogP contribution in [0.1, 0.15) is 19.3 Å². The van der Waals surface area contributed by atoms with Gasteiger partial charge in [-0.1, -0.05) is 24.3 Å². The summed E-state index contributed by atoms with van der Waals surface area (Å²) in [4.78, 5) is 16.0. The topological polar surface area (TPSA) is 59.8 Å². The van der Waals surface area contributed by atoms with Crippen molar-refractivity contribution in [2.45, 2.75) is 19.3 Å². The van der Waals surface area contributed by atoms with Gasteiger partial charge in [0.2, 0.25) is 5.91 Å². The largest absolute Gasteiger partial charge is 0.324 e. The molecule has 0 bridgehead atoms. The highest BCUT2D eigenvalue weighted by Gasteiger charge is 2.15. The SMILES string of the molecule is O=C(C[C@@H]1C=CCC1)Nc1ccccc1-n1cncn1. The predicted octanol–water partition coefficient (Wildman–Crippen LogP) is 2.56. The molecule has 5 heteroatoms. The highest BCUT2D eigenvalue weighted by Crippen LogP contribution is 2.23. The van der Waals surface area contributed by atoms with E-state index in [0.717, 1.165) is 24.2 Å². The number of hydrogen-bond donors (Lipinski definition) is 1. The Morgan fingerprint density at radius 3 is 3.05 bits per heavy atom. The molecule has 0 saturated heterocycles. The molecule has 1 N–H and O–H groups in total. The minimum atomic E-state index is 0.0362. The maximum atomic E-state index is 12.1. The standard InChI is InChI=1S/C15H16N4O/c20-15(9-12-5-1-2-6-12)18-13-7-3-4-8-14(13)19-11-16-10-17-19/h1,3-5,7-8,10-12H,2,6,9H2,(H,18,20)/t12-/m1/s1. The van der Waals surface area contributed by atoms with Crippen molar-refractivity contribution in [2.24, 2.45) is 5.92 Å². The third-order valence-corrected chi connectivity index (χ3v) is 3.40. The maximum Gasteiger partial charge on any atom is 0.225 e. The first-order chi connectivity index (χ1) is 9.83. The fourth-order valence-electron chi connectivity index (χ4n) is 2.42. The number of amides is 1. The van der Waals surface area contributed by atoms with Crippen molar-refractivity contribution in [1.29, 1.82) is 0 Å². The lowest BCUT2D eigenvalue weighted by molar-refractivity contribution is -0.116. The molecule has 0 aliphatic heterocycles. The molecule has 1 aliphatic rings. The van der Waals surface area contributed by atoms with E-state index >= 15 is 0 Å². The van der Waals surface area contributed by atoms with Gasteiger partial charge >= 0.3 is 0 Å². The van der Waals surface area contributed by atoms with Gasteiger partial charge in [0.05, 0.1) is 11.4 Å². The zero-order chi connectivity index (χ0) is 13.8. The van der Waals surface area contributed by atoms with Gasteiger partial charge in [-0.3, -0.25) is 4.79 Å². The second-order valence-electron chi connectivity index (χ2n) is 4.88. The molecule has 0 radical (unpaired) electrons. The molecule has 0 unspecified atom stereocenters. The molecule has 1 atom stereocenters. The highest BCUT2D eigenvalue weighted by molar-refractivity contribution is 5.93. The Morgan fingerprint density at radius 1 is 1.40 bits per heavy atom. The van der Waals surface area contributed by atoms with Gasteiger partial charge in [-0.05, 0) is 30.9 Å². The average molecular weight is 268 g/mol. The van der Waals surface area contributed by atoms with Crippen molar-refractivity contribution in [2.75, 3.05) is 5.32 Å². The van der Waals surface area contributed by atoms with Crippen LogP contribution < -0.4 is 5.32 Å². The van der Waals surface area contributed by atoms with E-state index in [1.165, 1.54) is 6.33 Å². The summed E-state index contributed by atoms with van der Waals surface area (Å²) in [6.45, 7) is 0. The van der Waals surface area contributed by atoms with Gasteiger partial charge in [0.15, 0.2) is 0 Å². The number of allylic oxidation sites excluding steroid dienone is 2. The van der Waals surface area contributed by atoms with Gasteiger partial charge in [-0.25, -0.2) is 9.67 Å². The van der Waals surface area contributed by atoms with E-state index in [-0.39, 0.29) is 5.91 Å². The third kappa shape index (κ3) is 2.77. The van der Waals surface area contributed by atoms with Gasteiger partial charge in [0, 0.05) is 6.42 Å². The molecule has 1 amide bonds. The number of para-hydroxylation sites is 2. The fourth-order valence-corrected chi connectivity index (χ4v) is 2.42. The molecule has 2 aromatic rings. The normalized spacial score (nSPS) is 17.3. The van der Waals surface area contributed by atoms with E-state index in [2.05, 4.69) is 27.6 Å². The monoisotopic (exact) mass is 268 g/mol. The van der Waals surface area contributed by atoms with Crippen LogP contribution in [-0.2, 0) is 4.79 Å². The summed E-state index contributed by atoms with van der Waals surface area (Å²) in [5.74, 6) is 0.405. The first-order valence-corrected chi connectivity index (χ1v) is 6.73. The third-order valence-electron chi connectivity index (χ3n) is 3.40. The minimum absolute atomic E-state index is 0.0362. The molecule has 1 aromatic carbocycles. The molecule has 1 aromatic heterocycles. The van der Waals surface area contributed by atoms with Gasteiger partial charge in [-0.2, -0.15) is 5.10 Å². The number of anilines is 1. The maximum absolute atomic E-state index is 12.1. The van der Waals surface area contributed by atoms with Gasteiger partial charge in [0.25, 0.3) is 0 Å². The first kappa shape index (κ1) is 12.6. The molecule has 102 valence electrons. The van der Waals surface area contributed by atoms with Crippen LogP contribution in [0.4, 0.5) is 5.69 Å². The summed E-state index contributed by atoms with van der Waals surface area (Å²) in [6.07, 6.45) is 10.0. The summed E-state index contributed by atoms with van der Waals surface area (Å²) < 4.78 is 1.64. The highest BCUT2D eigenvalue weighted by atomic mass is 16.1. The second-order valence-corrected chi connectivity index (χ2v) is 4.88. The lowest BCUT2D eigenvalue weighted by Gasteiger charge is -2.12. The number of carbonyl (C=O) groups is 1. The lowest BCUT2D eigenvalue weighted by Crippen LogP contribution is -2.16. The Bertz CT molecular complexity index is 619. The molecule has 0 saturated carbocycles. The van der Waals surface area contributed by atoms with E-state index < -0.39 is 0 Å². The van der Waals surface area contributed by atoms with Crippen LogP contribution in [0.5, 0.6) is 0 Å². The number of nitrogens with one attached hydrogen (secondary N) is 1. The fraction of sp³-hybridized carbons (Fsp3) is 0.267. The van der Waals surface area contributed by atoms with Crippen molar-refractivity contribution in [3.63, 3.8) is 0 Å². The Labute approximate surface area is 117 Å². The minimum Gasteiger partial charge on any atom is -0.324 e. The van der Waals surface area contributed by atoms with Gasteiger partial charge in [0.1, 0.15) is 12.7 Å². The molecule has 0 fully saturated rings. The Hall–Kier alpha value is -2.43. The average Bonchev–Trinajstić information content (AvgIpc) is 3.11. The first-order valence-electron chi connectivity index (χ1n) is 6.73. The van der Waals surface area contributed by atoms with Crippen molar-refractivity contribution in [3.8, 4) is 5.69 Å². The van der Waals surface area contributed by atoms with Crippen LogP contribution in [-0.4, -0.2) is 20.7 Å². The number of aromatic nitrogens is 3. The molecule has 20 heavy (non-hydrogen) atoms. The number of nitrogens with zero attached hydrogens (tertiary/aromatic N) is 3. The van der Waals surface area contributed by atoms with Crippen LogP contribution in [0.25, 0.3) is 5.69 Å². The molecule has 3 rings (SSSR count). The summed E-state index contributed by atoms with van der Waals surface area (Å²) in [6, 6.07) is 7.58. The lowest BCUT2D eigenvalue weighted by atomic mass is 10.0. The second kappa shape index (κ2) is 5.69. The van der Waals surface area contributed by atoms with E-state index in [9.17, 15) is 4.79 Å². The predicted molar refractivity (Wildman–Crippen MR) is 76.5 cm³/mol. The summed E-state index contributed by atoms with van der Waals surface area (Å²) >= 11 is 0. The number of carbonyl (C=O) groups excluding carboxylic acids is 1. The smallest absolute Gasteiger partial charge is 0.225 e. The van der Waals surface area contributed by atoms with Crippen molar-refractivity contribution in [1.82, 2.24) is 14.8 Å².